The van der Waals surface area contributed by atoms with Gasteiger partial charge in [-0.1, -0.05) is 84.0 Å². The molecule has 0 bridgehead atoms. The van der Waals surface area contributed by atoms with Crippen LogP contribution < -0.4 is 5.73 Å². The molecule has 0 aliphatic carbocycles. The van der Waals surface area contributed by atoms with E-state index in [1.165, 1.54) is 77.0 Å². The van der Waals surface area contributed by atoms with Crippen LogP contribution in [0, 0.1) is 0 Å². The molecule has 0 saturated carbocycles. The summed E-state index contributed by atoms with van der Waals surface area (Å²) in [5.41, 5.74) is 5.48. The first-order chi connectivity index (χ1) is 8.81. The van der Waals surface area contributed by atoms with Crippen LogP contribution in [0.5, 0.6) is 0 Å². The first-order valence-corrected chi connectivity index (χ1v) is 8.59. The Labute approximate surface area is 120 Å². The molecule has 0 aromatic carbocycles. The molecule has 0 radical (unpaired) electrons. The second kappa shape index (κ2) is 15.3. The molecule has 110 valence electrons. The fourth-order valence-electron chi connectivity index (χ4n) is 2.32. The summed E-state index contributed by atoms with van der Waals surface area (Å²) in [5.74, 6) is 0. The number of alkyl halides is 1. The maximum Gasteiger partial charge on any atom is 0.0458 e. The topological polar surface area (TPSA) is 26.0 Å². The van der Waals surface area contributed by atoms with Crippen molar-refractivity contribution in [1.82, 2.24) is 0 Å². The van der Waals surface area contributed by atoms with Gasteiger partial charge in [0.05, 0.1) is 0 Å². The maximum absolute atomic E-state index is 5.97. The van der Waals surface area contributed by atoms with Gasteiger partial charge in [-0.05, 0) is 6.42 Å². The van der Waals surface area contributed by atoms with Crippen LogP contribution >= 0.6 is 11.6 Å². The average molecular weight is 276 g/mol. The van der Waals surface area contributed by atoms with Crippen LogP contribution in [0.2, 0.25) is 0 Å². The first-order valence-electron chi connectivity index (χ1n) is 8.15. The Hall–Kier alpha value is 0.250. The highest BCUT2D eigenvalue weighted by atomic mass is 35.5. The fraction of sp³-hybridized carbons (Fsp3) is 1.00. The van der Waals surface area contributed by atoms with Crippen molar-refractivity contribution in [3.05, 3.63) is 0 Å². The Morgan fingerprint density at radius 1 is 0.722 bits per heavy atom. The number of halogens is 1. The Bertz CT molecular complexity index is 150. The van der Waals surface area contributed by atoms with E-state index in [1.54, 1.807) is 0 Å². The smallest absolute Gasteiger partial charge is 0.0458 e. The molecule has 0 fully saturated rings. The van der Waals surface area contributed by atoms with E-state index in [-0.39, 0.29) is 5.38 Å². The summed E-state index contributed by atoms with van der Waals surface area (Å²) < 4.78 is 0. The molecule has 0 saturated heterocycles. The van der Waals surface area contributed by atoms with Gasteiger partial charge < -0.3 is 5.73 Å². The molecular formula is C16H34ClN. The highest BCUT2D eigenvalue weighted by Gasteiger charge is 2.00. The first kappa shape index (κ1) is 18.2. The lowest BCUT2D eigenvalue weighted by Crippen LogP contribution is -2.13. The highest BCUT2D eigenvalue weighted by Crippen LogP contribution is 2.13. The highest BCUT2D eigenvalue weighted by molar-refractivity contribution is 6.20. The molecule has 18 heavy (non-hydrogen) atoms. The molecule has 0 aromatic rings. The third-order valence-electron chi connectivity index (χ3n) is 3.63. The van der Waals surface area contributed by atoms with E-state index in [0.717, 1.165) is 6.42 Å². The summed E-state index contributed by atoms with van der Waals surface area (Å²) in [6.07, 6.45) is 17.9. The van der Waals surface area contributed by atoms with E-state index in [0.29, 0.717) is 6.54 Å². The zero-order valence-corrected chi connectivity index (χ0v) is 13.2. The molecule has 0 rings (SSSR count). The minimum atomic E-state index is 0.202. The van der Waals surface area contributed by atoms with Crippen molar-refractivity contribution >= 4 is 11.6 Å². The van der Waals surface area contributed by atoms with Gasteiger partial charge in [-0.25, -0.2) is 0 Å². The Morgan fingerprint density at radius 2 is 1.11 bits per heavy atom. The number of hydrogen-bond donors (Lipinski definition) is 1. The number of rotatable bonds is 14. The zero-order valence-electron chi connectivity index (χ0n) is 12.4. The van der Waals surface area contributed by atoms with Crippen molar-refractivity contribution in [1.29, 1.82) is 0 Å². The third kappa shape index (κ3) is 14.3. The minimum Gasteiger partial charge on any atom is -0.329 e. The summed E-state index contributed by atoms with van der Waals surface area (Å²) >= 11 is 5.97. The van der Waals surface area contributed by atoms with E-state index in [9.17, 15) is 0 Å². The van der Waals surface area contributed by atoms with E-state index in [1.807, 2.05) is 0 Å². The predicted molar refractivity (Wildman–Crippen MR) is 84.4 cm³/mol. The molecule has 0 aliphatic heterocycles. The second-order valence-corrected chi connectivity index (χ2v) is 6.13. The van der Waals surface area contributed by atoms with E-state index in [2.05, 4.69) is 6.92 Å². The van der Waals surface area contributed by atoms with E-state index < -0.39 is 0 Å². The SMILES string of the molecule is CCCCCCCCCCCCCCC(Cl)CN. The summed E-state index contributed by atoms with van der Waals surface area (Å²) in [5, 5.41) is 0.202. The largest absolute Gasteiger partial charge is 0.329 e. The van der Waals surface area contributed by atoms with Crippen LogP contribution in [0.1, 0.15) is 90.4 Å². The standard InChI is InChI=1S/C16H34ClN/c1-2-3-4-5-6-7-8-9-10-11-12-13-14-16(17)15-18/h16H,2-15,18H2,1H3. The van der Waals surface area contributed by atoms with Crippen LogP contribution in [0.4, 0.5) is 0 Å². The lowest BCUT2D eigenvalue weighted by atomic mass is 10.0. The zero-order chi connectivity index (χ0) is 13.5. The fourth-order valence-corrected chi connectivity index (χ4v) is 2.48. The van der Waals surface area contributed by atoms with Gasteiger partial charge in [0.2, 0.25) is 0 Å². The molecule has 0 spiro atoms. The number of hydrogen-bond acceptors (Lipinski definition) is 1. The van der Waals surface area contributed by atoms with E-state index >= 15 is 0 Å². The van der Waals surface area contributed by atoms with Crippen LogP contribution in [0.3, 0.4) is 0 Å². The van der Waals surface area contributed by atoms with Gasteiger partial charge in [-0.15, -0.1) is 11.6 Å². The quantitative estimate of drug-likeness (QED) is 0.322. The van der Waals surface area contributed by atoms with Gasteiger partial charge in [-0.2, -0.15) is 0 Å². The van der Waals surface area contributed by atoms with Crippen LogP contribution in [0.25, 0.3) is 0 Å². The molecule has 1 atom stereocenters. The molecular weight excluding hydrogens is 242 g/mol. The number of unbranched alkanes of at least 4 members (excludes halogenated alkanes) is 11. The van der Waals surface area contributed by atoms with Gasteiger partial charge in [0, 0.05) is 11.9 Å². The van der Waals surface area contributed by atoms with Crippen molar-refractivity contribution < 1.29 is 0 Å². The third-order valence-corrected chi connectivity index (χ3v) is 4.02. The van der Waals surface area contributed by atoms with Crippen LogP contribution in [-0.2, 0) is 0 Å². The van der Waals surface area contributed by atoms with Gasteiger partial charge in [0.25, 0.3) is 0 Å². The normalized spacial score (nSPS) is 12.8. The summed E-state index contributed by atoms with van der Waals surface area (Å²) in [4.78, 5) is 0. The monoisotopic (exact) mass is 275 g/mol. The molecule has 1 nitrogen and oxygen atoms in total. The van der Waals surface area contributed by atoms with Crippen molar-refractivity contribution in [3.63, 3.8) is 0 Å². The summed E-state index contributed by atoms with van der Waals surface area (Å²) in [6.45, 7) is 2.90. The molecule has 2 N–H and O–H groups in total. The van der Waals surface area contributed by atoms with Crippen molar-refractivity contribution in [3.8, 4) is 0 Å². The molecule has 0 amide bonds. The lowest BCUT2D eigenvalue weighted by molar-refractivity contribution is 0.537. The van der Waals surface area contributed by atoms with Gasteiger partial charge >= 0.3 is 0 Å². The second-order valence-electron chi connectivity index (χ2n) is 5.51. The minimum absolute atomic E-state index is 0.202. The van der Waals surface area contributed by atoms with Crippen molar-refractivity contribution in [2.75, 3.05) is 6.54 Å². The van der Waals surface area contributed by atoms with Crippen molar-refractivity contribution in [2.45, 2.75) is 95.8 Å². The lowest BCUT2D eigenvalue weighted by Gasteiger charge is -2.05. The Morgan fingerprint density at radius 3 is 1.50 bits per heavy atom. The van der Waals surface area contributed by atoms with Gasteiger partial charge in [-0.3, -0.25) is 0 Å². The number of nitrogens with two attached hydrogens (primary N) is 1. The molecule has 1 unspecified atom stereocenters. The summed E-state index contributed by atoms with van der Waals surface area (Å²) in [6, 6.07) is 0. The predicted octanol–water partition coefficient (Wildman–Crippen LogP) is 5.64. The Kier molecular flexibility index (Phi) is 15.5. The molecule has 0 aromatic heterocycles. The molecule has 2 heteroatoms. The summed E-state index contributed by atoms with van der Waals surface area (Å²) in [7, 11) is 0. The Balaban J connectivity index is 2.94. The molecule has 0 aliphatic rings. The van der Waals surface area contributed by atoms with Gasteiger partial charge in [0.1, 0.15) is 0 Å². The average Bonchev–Trinajstić information content (AvgIpc) is 2.39. The molecule has 0 heterocycles. The van der Waals surface area contributed by atoms with E-state index in [4.69, 9.17) is 17.3 Å². The van der Waals surface area contributed by atoms with Crippen molar-refractivity contribution in [2.24, 2.45) is 5.73 Å². The van der Waals surface area contributed by atoms with Crippen LogP contribution in [0.15, 0.2) is 0 Å². The van der Waals surface area contributed by atoms with Gasteiger partial charge in [0.15, 0.2) is 0 Å². The van der Waals surface area contributed by atoms with Crippen LogP contribution in [-0.4, -0.2) is 11.9 Å². The maximum atomic E-state index is 5.97.